The van der Waals surface area contributed by atoms with Crippen LogP contribution >= 0.6 is 0 Å². The largest absolute Gasteiger partial charge is 2.00 e. The summed E-state index contributed by atoms with van der Waals surface area (Å²) in [7, 11) is 0. The van der Waals surface area contributed by atoms with E-state index in [-0.39, 0.29) is 34.0 Å². The second kappa shape index (κ2) is 6.20. The molecule has 0 aromatic heterocycles. The standard InChI is InChI=1S/C13H16O4.Mg/c1-13(2,3)9-6-4-8(5-7-9)10(11(14)15)12(16)17;/h4-7,10H,1-3H3,(H,14,15)(H,16,17);/q;+2/p-2. The maximum absolute atomic E-state index is 10.7. The number of rotatable bonds is 3. The second-order valence-corrected chi connectivity index (χ2v) is 4.94. The van der Waals surface area contributed by atoms with Crippen molar-refractivity contribution < 1.29 is 19.8 Å². The fourth-order valence-corrected chi connectivity index (χ4v) is 1.54. The molecular weight excluding hydrogens is 244 g/mol. The van der Waals surface area contributed by atoms with Crippen LogP contribution in [0.1, 0.15) is 37.8 Å². The molecule has 0 aliphatic rings. The van der Waals surface area contributed by atoms with Gasteiger partial charge in [0.05, 0.1) is 17.9 Å². The number of carboxylic acids is 2. The predicted molar refractivity (Wildman–Crippen MR) is 63.7 cm³/mol. The first kappa shape index (κ1) is 16.9. The smallest absolute Gasteiger partial charge is 0.549 e. The SMILES string of the molecule is CC(C)(C)c1ccc(C(C(=O)[O-])C(=O)[O-])cc1.[Mg+2]. The molecule has 0 heterocycles. The van der Waals surface area contributed by atoms with Crippen molar-refractivity contribution in [1.29, 1.82) is 0 Å². The van der Waals surface area contributed by atoms with E-state index in [4.69, 9.17) is 0 Å². The van der Waals surface area contributed by atoms with Crippen LogP contribution in [0.15, 0.2) is 24.3 Å². The number of carboxylic acid groups (broad SMARTS) is 2. The van der Waals surface area contributed by atoms with Gasteiger partial charge in [-0.05, 0) is 16.5 Å². The van der Waals surface area contributed by atoms with E-state index in [1.807, 2.05) is 20.8 Å². The molecule has 0 bridgehead atoms. The quantitative estimate of drug-likeness (QED) is 0.524. The molecule has 1 aromatic rings. The van der Waals surface area contributed by atoms with Gasteiger partial charge in [-0.1, -0.05) is 45.0 Å². The molecular formula is C13H14MgO4. The van der Waals surface area contributed by atoms with E-state index in [9.17, 15) is 19.8 Å². The van der Waals surface area contributed by atoms with Gasteiger partial charge in [0.2, 0.25) is 0 Å². The molecule has 4 nitrogen and oxygen atoms in total. The third kappa shape index (κ3) is 3.99. The molecule has 0 atom stereocenters. The molecule has 0 N–H and O–H groups in total. The molecule has 1 aromatic carbocycles. The Morgan fingerprint density at radius 1 is 1.00 bits per heavy atom. The third-order valence-corrected chi connectivity index (χ3v) is 2.58. The molecule has 18 heavy (non-hydrogen) atoms. The summed E-state index contributed by atoms with van der Waals surface area (Å²) in [5.74, 6) is -5.04. The normalized spacial score (nSPS) is 10.9. The minimum Gasteiger partial charge on any atom is -0.549 e. The monoisotopic (exact) mass is 258 g/mol. The Morgan fingerprint density at radius 2 is 1.39 bits per heavy atom. The Morgan fingerprint density at radius 3 is 1.67 bits per heavy atom. The number of carbonyl (C=O) groups excluding carboxylic acids is 2. The Labute approximate surface area is 122 Å². The summed E-state index contributed by atoms with van der Waals surface area (Å²) in [5, 5.41) is 21.4. The maximum atomic E-state index is 10.7. The van der Waals surface area contributed by atoms with E-state index in [1.165, 1.54) is 12.1 Å². The summed E-state index contributed by atoms with van der Waals surface area (Å²) in [6.07, 6.45) is 0. The van der Waals surface area contributed by atoms with Gasteiger partial charge in [-0.15, -0.1) is 0 Å². The average Bonchev–Trinajstić information content (AvgIpc) is 2.15. The third-order valence-electron chi connectivity index (χ3n) is 2.58. The van der Waals surface area contributed by atoms with Gasteiger partial charge in [0.25, 0.3) is 0 Å². The zero-order valence-electron chi connectivity index (χ0n) is 10.7. The summed E-state index contributed by atoms with van der Waals surface area (Å²) in [4.78, 5) is 21.4. The van der Waals surface area contributed by atoms with Crippen LogP contribution in [0.3, 0.4) is 0 Å². The molecule has 92 valence electrons. The van der Waals surface area contributed by atoms with Crippen molar-refractivity contribution in [3.8, 4) is 0 Å². The van der Waals surface area contributed by atoms with Crippen molar-refractivity contribution in [1.82, 2.24) is 0 Å². The number of carbonyl (C=O) groups is 2. The summed E-state index contributed by atoms with van der Waals surface area (Å²) >= 11 is 0. The number of aliphatic carboxylic acids is 2. The van der Waals surface area contributed by atoms with E-state index in [0.29, 0.717) is 0 Å². The first-order valence-corrected chi connectivity index (χ1v) is 5.25. The predicted octanol–water partition coefficient (Wildman–Crippen LogP) is -0.813. The number of hydrogen-bond donors (Lipinski definition) is 0. The van der Waals surface area contributed by atoms with Gasteiger partial charge in [0, 0.05) is 0 Å². The summed E-state index contributed by atoms with van der Waals surface area (Å²) in [5.41, 5.74) is 1.09. The van der Waals surface area contributed by atoms with Crippen molar-refractivity contribution in [2.45, 2.75) is 32.1 Å². The number of benzene rings is 1. The Balaban J connectivity index is 0.00000289. The molecule has 0 amide bonds. The maximum Gasteiger partial charge on any atom is 2.00 e. The molecule has 0 saturated heterocycles. The van der Waals surface area contributed by atoms with Crippen LogP contribution in [0.25, 0.3) is 0 Å². The van der Waals surface area contributed by atoms with E-state index >= 15 is 0 Å². The van der Waals surface area contributed by atoms with E-state index in [1.54, 1.807) is 12.1 Å². The fourth-order valence-electron chi connectivity index (χ4n) is 1.54. The van der Waals surface area contributed by atoms with Crippen LogP contribution in [0.4, 0.5) is 0 Å². The molecule has 0 aliphatic heterocycles. The molecule has 0 aliphatic carbocycles. The average molecular weight is 259 g/mol. The zero-order chi connectivity index (χ0) is 13.2. The van der Waals surface area contributed by atoms with Crippen molar-refractivity contribution in [3.63, 3.8) is 0 Å². The topological polar surface area (TPSA) is 80.3 Å². The van der Waals surface area contributed by atoms with Crippen molar-refractivity contribution in [3.05, 3.63) is 35.4 Å². The van der Waals surface area contributed by atoms with Crippen LogP contribution in [0, 0.1) is 0 Å². The molecule has 0 fully saturated rings. The zero-order valence-corrected chi connectivity index (χ0v) is 12.1. The fraction of sp³-hybridized carbons (Fsp3) is 0.385. The van der Waals surface area contributed by atoms with Crippen molar-refractivity contribution in [2.75, 3.05) is 0 Å². The molecule has 0 unspecified atom stereocenters. The Hall–Kier alpha value is -1.07. The van der Waals surface area contributed by atoms with E-state index < -0.39 is 17.9 Å². The van der Waals surface area contributed by atoms with E-state index in [0.717, 1.165) is 5.56 Å². The van der Waals surface area contributed by atoms with Gasteiger partial charge in [0.1, 0.15) is 0 Å². The van der Waals surface area contributed by atoms with Crippen molar-refractivity contribution >= 4 is 35.0 Å². The van der Waals surface area contributed by atoms with Crippen LogP contribution in [0.5, 0.6) is 0 Å². The first-order chi connectivity index (χ1) is 7.73. The molecule has 5 heteroatoms. The van der Waals surface area contributed by atoms with Gasteiger partial charge in [-0.2, -0.15) is 0 Å². The minimum atomic E-state index is -1.72. The summed E-state index contributed by atoms with van der Waals surface area (Å²) in [6.45, 7) is 6.03. The molecule has 0 saturated carbocycles. The second-order valence-electron chi connectivity index (χ2n) is 4.94. The molecule has 0 spiro atoms. The minimum absolute atomic E-state index is 0. The van der Waals surface area contributed by atoms with Crippen LogP contribution in [0.2, 0.25) is 0 Å². The summed E-state index contributed by atoms with van der Waals surface area (Å²) < 4.78 is 0. The molecule has 1 rings (SSSR count). The van der Waals surface area contributed by atoms with Gasteiger partial charge in [-0.25, -0.2) is 0 Å². The van der Waals surface area contributed by atoms with Gasteiger partial charge in [0.15, 0.2) is 0 Å². The van der Waals surface area contributed by atoms with Crippen LogP contribution < -0.4 is 10.2 Å². The van der Waals surface area contributed by atoms with Gasteiger partial charge < -0.3 is 19.8 Å². The van der Waals surface area contributed by atoms with E-state index in [2.05, 4.69) is 0 Å². The summed E-state index contributed by atoms with van der Waals surface area (Å²) in [6, 6.07) is 6.40. The number of hydrogen-bond acceptors (Lipinski definition) is 4. The first-order valence-electron chi connectivity index (χ1n) is 5.25. The Kier molecular flexibility index (Phi) is 5.83. The van der Waals surface area contributed by atoms with Crippen LogP contribution in [-0.2, 0) is 15.0 Å². The van der Waals surface area contributed by atoms with Gasteiger partial charge >= 0.3 is 23.1 Å². The molecule has 0 radical (unpaired) electrons. The Bertz CT molecular complexity index is 417. The van der Waals surface area contributed by atoms with Gasteiger partial charge in [-0.3, -0.25) is 0 Å². The van der Waals surface area contributed by atoms with Crippen LogP contribution in [-0.4, -0.2) is 35.0 Å². The van der Waals surface area contributed by atoms with Crippen molar-refractivity contribution in [2.24, 2.45) is 0 Å².